The summed E-state index contributed by atoms with van der Waals surface area (Å²) < 4.78 is 14.0. The van der Waals surface area contributed by atoms with Crippen LogP contribution < -0.4 is 10.4 Å². The molecule has 4 rings (SSSR count). The number of para-hydroxylation sites is 2. The van der Waals surface area contributed by atoms with Gasteiger partial charge in [0, 0.05) is 11.1 Å². The number of benzene rings is 3. The number of phenolic OH excluding ortho intramolecular Hbond substituents is 1. The minimum atomic E-state index is -1.21. The minimum Gasteiger partial charge on any atom is -0.507 e. The van der Waals surface area contributed by atoms with Crippen LogP contribution in [-0.2, 0) is 4.79 Å². The predicted octanol–water partition coefficient (Wildman–Crippen LogP) is 4.40. The Labute approximate surface area is 188 Å². The molecule has 0 aliphatic carbocycles. The highest BCUT2D eigenvalue weighted by molar-refractivity contribution is 6.71. The molecule has 3 aromatic rings. The maximum absolute atomic E-state index is 14.0. The lowest BCUT2D eigenvalue weighted by atomic mass is 9.99. The van der Waals surface area contributed by atoms with Crippen molar-refractivity contribution >= 4 is 34.7 Å². The van der Waals surface area contributed by atoms with E-state index in [-0.39, 0.29) is 34.1 Å². The van der Waals surface area contributed by atoms with Gasteiger partial charge in [0.05, 0.1) is 22.6 Å². The Morgan fingerprint density at radius 2 is 1.79 bits per heavy atom. The lowest BCUT2D eigenvalue weighted by Crippen LogP contribution is -2.28. The third-order valence-corrected chi connectivity index (χ3v) is 5.16. The average molecular weight is 446 g/mol. The fourth-order valence-corrected chi connectivity index (χ4v) is 3.40. The second-order valence-electron chi connectivity index (χ2n) is 7.36. The molecule has 3 aromatic carbocycles. The van der Waals surface area contributed by atoms with Crippen molar-refractivity contribution in [1.82, 2.24) is 0 Å². The summed E-state index contributed by atoms with van der Waals surface area (Å²) in [6.45, 7) is 3.17. The monoisotopic (exact) mass is 446 g/mol. The first kappa shape index (κ1) is 21.7. The number of carbonyl (C=O) groups excluding carboxylic acids is 1. The van der Waals surface area contributed by atoms with Gasteiger partial charge in [0.2, 0.25) is 0 Å². The summed E-state index contributed by atoms with van der Waals surface area (Å²) in [4.78, 5) is 24.7. The number of hydrogen-bond acceptors (Lipinski definition) is 6. The van der Waals surface area contributed by atoms with Gasteiger partial charge in [0.25, 0.3) is 0 Å². The molecular weight excluding hydrogens is 427 g/mol. The number of aromatic hydroxyl groups is 1. The molecule has 0 fully saturated rings. The molecule has 1 aliphatic heterocycles. The second-order valence-corrected chi connectivity index (χ2v) is 7.36. The van der Waals surface area contributed by atoms with E-state index in [1.54, 1.807) is 50.2 Å². The van der Waals surface area contributed by atoms with Crippen molar-refractivity contribution in [3.63, 3.8) is 0 Å². The molecule has 3 N–H and O–H groups in total. The Bertz CT molecular complexity index is 1350. The van der Waals surface area contributed by atoms with Crippen molar-refractivity contribution in [1.29, 1.82) is 0 Å². The van der Waals surface area contributed by atoms with Crippen LogP contribution in [0.25, 0.3) is 11.1 Å². The number of carboxylic acids is 1. The molecule has 0 aromatic heterocycles. The summed E-state index contributed by atoms with van der Waals surface area (Å²) in [5, 5.41) is 29.3. The summed E-state index contributed by atoms with van der Waals surface area (Å²) in [5.74, 6) is -2.33. The highest BCUT2D eigenvalue weighted by Gasteiger charge is 2.31. The molecule has 8 nitrogen and oxygen atoms in total. The van der Waals surface area contributed by atoms with Gasteiger partial charge in [-0.1, -0.05) is 36.4 Å². The van der Waals surface area contributed by atoms with Crippen LogP contribution in [0.1, 0.15) is 22.8 Å². The number of aryl methyl sites for hydroxylation is 1. The number of hydrogen-bond donors (Lipinski definition) is 3. The molecule has 166 valence electrons. The Kier molecular flexibility index (Phi) is 5.61. The number of anilines is 2. The van der Waals surface area contributed by atoms with E-state index in [1.165, 1.54) is 24.3 Å². The van der Waals surface area contributed by atoms with E-state index in [0.29, 0.717) is 16.7 Å². The highest BCUT2D eigenvalue weighted by atomic mass is 19.1. The molecule has 0 unspecified atom stereocenters. The quantitative estimate of drug-likeness (QED) is 0.503. The molecule has 0 radical (unpaired) electrons. The molecule has 9 heteroatoms. The fraction of sp³-hybridized carbons (Fsp3) is 0.0833. The molecule has 0 spiro atoms. The summed E-state index contributed by atoms with van der Waals surface area (Å²) >= 11 is 0. The van der Waals surface area contributed by atoms with Gasteiger partial charge in [-0.3, -0.25) is 10.2 Å². The zero-order valence-electron chi connectivity index (χ0n) is 17.7. The van der Waals surface area contributed by atoms with E-state index < -0.39 is 17.7 Å². The van der Waals surface area contributed by atoms with Crippen molar-refractivity contribution in [2.75, 3.05) is 10.4 Å². The van der Waals surface area contributed by atoms with Gasteiger partial charge < -0.3 is 10.2 Å². The highest BCUT2D eigenvalue weighted by Crippen LogP contribution is 2.36. The van der Waals surface area contributed by atoms with Gasteiger partial charge in [-0.25, -0.2) is 9.18 Å². The number of carboxylic acid groups (broad SMARTS) is 1. The van der Waals surface area contributed by atoms with E-state index in [1.807, 2.05) is 0 Å². The number of carbonyl (C=O) groups is 2. The second kappa shape index (κ2) is 8.54. The molecule has 0 saturated carbocycles. The normalized spacial score (nSPS) is 14.5. The zero-order valence-corrected chi connectivity index (χ0v) is 17.7. The fourth-order valence-electron chi connectivity index (χ4n) is 3.40. The molecule has 0 bridgehead atoms. The number of nitrogens with one attached hydrogen (secondary N) is 1. The van der Waals surface area contributed by atoms with Crippen molar-refractivity contribution in [3.05, 3.63) is 77.6 Å². The SMILES string of the molecule is CC1=NN(c2ccc(C)c(F)c2)C(=O)C1=NNc1c(C(=O)O)cccc1-c1ccccc1O. The number of phenols is 1. The zero-order chi connectivity index (χ0) is 23.7. The van der Waals surface area contributed by atoms with E-state index in [4.69, 9.17) is 0 Å². The lowest BCUT2D eigenvalue weighted by molar-refractivity contribution is -0.112. The number of halogens is 1. The number of aromatic carboxylic acids is 1. The minimum absolute atomic E-state index is 0.0435. The smallest absolute Gasteiger partial charge is 0.337 e. The van der Waals surface area contributed by atoms with Crippen molar-refractivity contribution in [2.45, 2.75) is 13.8 Å². The first-order valence-corrected chi connectivity index (χ1v) is 9.92. The van der Waals surface area contributed by atoms with Crippen LogP contribution in [0.5, 0.6) is 5.75 Å². The van der Waals surface area contributed by atoms with Crippen molar-refractivity contribution in [3.8, 4) is 16.9 Å². The first-order chi connectivity index (χ1) is 15.8. The molecule has 33 heavy (non-hydrogen) atoms. The Hall–Kier alpha value is -4.53. The molecule has 0 atom stereocenters. The number of rotatable bonds is 5. The lowest BCUT2D eigenvalue weighted by Gasteiger charge is -2.14. The Balaban J connectivity index is 1.73. The molecular formula is C24H19FN4O4. The van der Waals surface area contributed by atoms with Crippen LogP contribution in [0, 0.1) is 12.7 Å². The molecule has 0 saturated heterocycles. The van der Waals surface area contributed by atoms with Crippen LogP contribution in [0.3, 0.4) is 0 Å². The van der Waals surface area contributed by atoms with E-state index in [0.717, 1.165) is 5.01 Å². The summed E-state index contributed by atoms with van der Waals surface area (Å²) in [6, 6.07) is 15.3. The largest absolute Gasteiger partial charge is 0.507 e. The van der Waals surface area contributed by atoms with Crippen LogP contribution in [0.2, 0.25) is 0 Å². The van der Waals surface area contributed by atoms with Crippen LogP contribution in [-0.4, -0.2) is 33.5 Å². The van der Waals surface area contributed by atoms with Gasteiger partial charge in [-0.2, -0.15) is 15.2 Å². The van der Waals surface area contributed by atoms with E-state index >= 15 is 0 Å². The van der Waals surface area contributed by atoms with Crippen LogP contribution in [0.4, 0.5) is 15.8 Å². The topological polar surface area (TPSA) is 115 Å². The maximum atomic E-state index is 14.0. The number of hydrazone groups is 2. The van der Waals surface area contributed by atoms with Crippen LogP contribution in [0.15, 0.2) is 70.9 Å². The Morgan fingerprint density at radius 1 is 1.06 bits per heavy atom. The first-order valence-electron chi connectivity index (χ1n) is 9.92. The van der Waals surface area contributed by atoms with Gasteiger partial charge in [0.15, 0.2) is 5.71 Å². The molecule has 1 aliphatic rings. The van der Waals surface area contributed by atoms with Gasteiger partial charge in [-0.15, -0.1) is 0 Å². The predicted molar refractivity (Wildman–Crippen MR) is 123 cm³/mol. The molecule has 1 amide bonds. The van der Waals surface area contributed by atoms with E-state index in [2.05, 4.69) is 15.6 Å². The van der Waals surface area contributed by atoms with Gasteiger partial charge >= 0.3 is 11.9 Å². The maximum Gasteiger partial charge on any atom is 0.337 e. The Morgan fingerprint density at radius 3 is 2.48 bits per heavy atom. The number of amides is 1. The average Bonchev–Trinajstić information content (AvgIpc) is 3.07. The van der Waals surface area contributed by atoms with Crippen molar-refractivity contribution < 1.29 is 24.2 Å². The summed E-state index contributed by atoms with van der Waals surface area (Å²) in [6.07, 6.45) is 0. The van der Waals surface area contributed by atoms with Crippen LogP contribution >= 0.6 is 0 Å². The summed E-state index contributed by atoms with van der Waals surface area (Å²) in [7, 11) is 0. The van der Waals surface area contributed by atoms with Gasteiger partial charge in [-0.05, 0) is 43.7 Å². The van der Waals surface area contributed by atoms with Crippen molar-refractivity contribution in [2.24, 2.45) is 10.2 Å². The summed E-state index contributed by atoms with van der Waals surface area (Å²) in [5.41, 5.74) is 4.34. The third-order valence-electron chi connectivity index (χ3n) is 5.16. The third kappa shape index (κ3) is 4.03. The van der Waals surface area contributed by atoms with E-state index in [9.17, 15) is 24.2 Å². The standard InChI is InChI=1S/C24H19FN4O4/c1-13-10-11-15(12-19(13)25)29-23(31)21(14(2)28-29)26-27-22-17(7-5-8-18(22)24(32)33)16-6-3-4-9-20(16)30/h3-12,27,30H,1-2H3,(H,32,33). The van der Waals surface area contributed by atoms with Gasteiger partial charge in [0.1, 0.15) is 11.6 Å². The number of nitrogens with zero attached hydrogens (tertiary/aromatic N) is 3. The molecule has 1 heterocycles.